The van der Waals surface area contributed by atoms with Crippen LogP contribution in [0.4, 0.5) is 0 Å². The van der Waals surface area contributed by atoms with Crippen LogP contribution >= 0.6 is 0 Å². The predicted octanol–water partition coefficient (Wildman–Crippen LogP) is -0.819. The van der Waals surface area contributed by atoms with E-state index < -0.39 is 17.9 Å². The van der Waals surface area contributed by atoms with Gasteiger partial charge in [-0.25, -0.2) is 24.2 Å². The number of methoxy groups -OCH3 is 1. The minimum absolute atomic E-state index is 0.831. The Bertz CT molecular complexity index is 183. The lowest BCUT2D eigenvalue weighted by Crippen LogP contribution is -2.20. The lowest BCUT2D eigenvalue weighted by Gasteiger charge is -1.97. The summed E-state index contributed by atoms with van der Waals surface area (Å²) in [6.07, 6.45) is 0. The van der Waals surface area contributed by atoms with E-state index in [0.29, 0.717) is 0 Å². The summed E-state index contributed by atoms with van der Waals surface area (Å²) in [6, 6.07) is 0. The molecule has 0 radical (unpaired) electrons. The lowest BCUT2D eigenvalue weighted by molar-refractivity contribution is -0.257. The molecule has 0 aromatic heterocycles. The van der Waals surface area contributed by atoms with Gasteiger partial charge in [0.2, 0.25) is 0 Å². The van der Waals surface area contributed by atoms with Gasteiger partial charge in [-0.05, 0) is 0 Å². The zero-order valence-electron chi connectivity index (χ0n) is 5.95. The van der Waals surface area contributed by atoms with Crippen LogP contribution in [0, 0.1) is 0 Å². The average Bonchev–Trinajstić information content (AvgIpc) is 1.98. The highest BCUT2D eigenvalue weighted by Crippen LogP contribution is 1.84. The maximum absolute atomic E-state index is 10.3. The molecule has 0 bridgehead atoms. The van der Waals surface area contributed by atoms with Gasteiger partial charge in [0.05, 0.1) is 7.11 Å². The van der Waals surface area contributed by atoms with E-state index in [9.17, 15) is 14.4 Å². The molecule has 0 heterocycles. The molecule has 0 amide bonds. The molecule has 6 nitrogen and oxygen atoms in total. The van der Waals surface area contributed by atoms with Gasteiger partial charge < -0.3 is 4.74 Å². The largest absolute Gasteiger partial charge is 0.462 e. The summed E-state index contributed by atoms with van der Waals surface area (Å²) in [6.45, 7) is 1.02. The Morgan fingerprint density at radius 1 is 1.00 bits per heavy atom. The molecule has 0 spiro atoms. The van der Waals surface area contributed by atoms with Crippen LogP contribution in [0.5, 0.6) is 0 Å². The maximum Gasteiger partial charge on any atom is 0.462 e. The first-order valence-electron chi connectivity index (χ1n) is 2.55. The van der Waals surface area contributed by atoms with E-state index in [1.54, 1.807) is 0 Å². The number of hydrogen-bond acceptors (Lipinski definition) is 6. The van der Waals surface area contributed by atoms with E-state index >= 15 is 0 Å². The molecule has 0 aromatic rings. The van der Waals surface area contributed by atoms with Gasteiger partial charge >= 0.3 is 17.9 Å². The molecule has 6 heteroatoms. The zero-order chi connectivity index (χ0) is 8.85. The van der Waals surface area contributed by atoms with Crippen molar-refractivity contribution < 1.29 is 28.9 Å². The molecule has 0 fully saturated rings. The molecular weight excluding hydrogens is 156 g/mol. The standard InChI is InChI=1S/C5H6O6/c1-3(6)10-11-5(8)4(7)9-2/h1-2H3. The first kappa shape index (κ1) is 9.41. The van der Waals surface area contributed by atoms with E-state index in [1.165, 1.54) is 0 Å². The number of hydrogen-bond donors (Lipinski definition) is 0. The minimum Gasteiger partial charge on any atom is -0.460 e. The summed E-state index contributed by atoms with van der Waals surface area (Å²) in [5, 5.41) is 0. The van der Waals surface area contributed by atoms with E-state index in [1.807, 2.05) is 0 Å². The number of rotatable bonds is 0. The minimum atomic E-state index is -1.37. The van der Waals surface area contributed by atoms with Crippen LogP contribution in [0.25, 0.3) is 0 Å². The van der Waals surface area contributed by atoms with Crippen molar-refractivity contribution in [2.24, 2.45) is 0 Å². The Balaban J connectivity index is 3.70. The second-order valence-electron chi connectivity index (χ2n) is 1.44. The topological polar surface area (TPSA) is 78.9 Å². The smallest absolute Gasteiger partial charge is 0.460 e. The van der Waals surface area contributed by atoms with Crippen LogP contribution in [0.1, 0.15) is 6.92 Å². The highest BCUT2D eigenvalue weighted by Gasteiger charge is 2.17. The molecule has 0 N–H and O–H groups in total. The van der Waals surface area contributed by atoms with Crippen molar-refractivity contribution in [2.75, 3.05) is 7.11 Å². The molecule has 62 valence electrons. The SMILES string of the molecule is COC(=O)C(=O)OOC(C)=O. The molecule has 0 saturated heterocycles. The van der Waals surface area contributed by atoms with E-state index in [-0.39, 0.29) is 0 Å². The summed E-state index contributed by atoms with van der Waals surface area (Å²) in [5.41, 5.74) is 0. The third-order valence-corrected chi connectivity index (χ3v) is 0.587. The molecule has 0 saturated carbocycles. The second kappa shape index (κ2) is 4.26. The van der Waals surface area contributed by atoms with Crippen LogP contribution in [0.2, 0.25) is 0 Å². The first-order chi connectivity index (χ1) is 5.07. The van der Waals surface area contributed by atoms with Crippen molar-refractivity contribution in [3.8, 4) is 0 Å². The Hall–Kier alpha value is -1.59. The highest BCUT2D eigenvalue weighted by molar-refractivity contribution is 6.29. The summed E-state index contributed by atoms with van der Waals surface area (Å²) < 4.78 is 3.94. The van der Waals surface area contributed by atoms with Crippen LogP contribution < -0.4 is 0 Å². The fraction of sp³-hybridized carbons (Fsp3) is 0.400. The fourth-order valence-electron chi connectivity index (χ4n) is 0.214. The van der Waals surface area contributed by atoms with Gasteiger partial charge in [0.15, 0.2) is 0 Å². The summed E-state index contributed by atoms with van der Waals surface area (Å²) in [7, 11) is 0.997. The third kappa shape index (κ3) is 3.90. The second-order valence-corrected chi connectivity index (χ2v) is 1.44. The summed E-state index contributed by atoms with van der Waals surface area (Å²) in [4.78, 5) is 38.0. The van der Waals surface area contributed by atoms with Gasteiger partial charge in [0, 0.05) is 6.92 Å². The van der Waals surface area contributed by atoms with Crippen molar-refractivity contribution in [3.05, 3.63) is 0 Å². The van der Waals surface area contributed by atoms with Gasteiger partial charge in [0.1, 0.15) is 0 Å². The monoisotopic (exact) mass is 162 g/mol. The lowest BCUT2D eigenvalue weighted by atomic mass is 10.7. The average molecular weight is 162 g/mol. The Morgan fingerprint density at radius 3 is 1.91 bits per heavy atom. The van der Waals surface area contributed by atoms with Crippen molar-refractivity contribution in [1.29, 1.82) is 0 Å². The van der Waals surface area contributed by atoms with Gasteiger partial charge in [-0.1, -0.05) is 0 Å². The molecule has 0 aliphatic heterocycles. The van der Waals surface area contributed by atoms with E-state index in [0.717, 1.165) is 14.0 Å². The summed E-state index contributed by atoms with van der Waals surface area (Å²) in [5.74, 6) is -3.43. The fourth-order valence-corrected chi connectivity index (χ4v) is 0.214. The molecule has 0 aliphatic carbocycles. The van der Waals surface area contributed by atoms with Crippen molar-refractivity contribution >= 4 is 17.9 Å². The molecule has 0 atom stereocenters. The van der Waals surface area contributed by atoms with Crippen LogP contribution in [0.15, 0.2) is 0 Å². The Labute approximate surface area is 62.0 Å². The third-order valence-electron chi connectivity index (χ3n) is 0.587. The van der Waals surface area contributed by atoms with E-state index in [4.69, 9.17) is 0 Å². The van der Waals surface area contributed by atoms with Crippen LogP contribution in [0.3, 0.4) is 0 Å². The quantitative estimate of drug-likeness (QED) is 0.200. The molecule has 0 unspecified atom stereocenters. The maximum atomic E-state index is 10.3. The first-order valence-corrected chi connectivity index (χ1v) is 2.55. The normalized spacial score (nSPS) is 8.18. The van der Waals surface area contributed by atoms with Gasteiger partial charge in [-0.2, -0.15) is 0 Å². The van der Waals surface area contributed by atoms with Crippen molar-refractivity contribution in [2.45, 2.75) is 6.92 Å². The van der Waals surface area contributed by atoms with Crippen LogP contribution in [-0.2, 0) is 28.9 Å². The number of esters is 1. The van der Waals surface area contributed by atoms with Gasteiger partial charge in [-0.3, -0.25) is 0 Å². The molecule has 0 rings (SSSR count). The Kier molecular flexibility index (Phi) is 3.65. The molecular formula is C5H6O6. The summed E-state index contributed by atoms with van der Waals surface area (Å²) >= 11 is 0. The van der Waals surface area contributed by atoms with E-state index in [2.05, 4.69) is 14.5 Å². The predicted molar refractivity (Wildman–Crippen MR) is 29.9 cm³/mol. The molecule has 0 aromatic carbocycles. The number of ether oxygens (including phenoxy) is 1. The van der Waals surface area contributed by atoms with Gasteiger partial charge in [-0.15, -0.1) is 0 Å². The van der Waals surface area contributed by atoms with Crippen molar-refractivity contribution in [1.82, 2.24) is 0 Å². The number of carbonyl (C=O) groups is 3. The number of carbonyl (C=O) groups excluding carboxylic acids is 3. The van der Waals surface area contributed by atoms with Gasteiger partial charge in [0.25, 0.3) is 0 Å². The van der Waals surface area contributed by atoms with Crippen LogP contribution in [-0.4, -0.2) is 25.0 Å². The zero-order valence-corrected chi connectivity index (χ0v) is 5.95. The van der Waals surface area contributed by atoms with Crippen molar-refractivity contribution in [3.63, 3.8) is 0 Å². The molecule has 11 heavy (non-hydrogen) atoms. The Morgan fingerprint density at radius 2 is 1.55 bits per heavy atom. The highest BCUT2D eigenvalue weighted by atomic mass is 17.2. The molecule has 0 aliphatic rings.